The molecule has 0 bridgehead atoms. The molecule has 4 nitrogen and oxygen atoms in total. The van der Waals surface area contributed by atoms with Gasteiger partial charge in [-0.3, -0.25) is 4.79 Å². The molecular weight excluding hydrogens is 356 g/mol. The van der Waals surface area contributed by atoms with Crippen LogP contribution >= 0.6 is 11.3 Å². The van der Waals surface area contributed by atoms with Gasteiger partial charge in [-0.2, -0.15) is 4.99 Å². The van der Waals surface area contributed by atoms with Crippen molar-refractivity contribution in [1.29, 1.82) is 0 Å². The molecule has 3 aromatic rings. The minimum Gasteiger partial charge on any atom is -0.496 e. The average Bonchev–Trinajstić information content (AvgIpc) is 2.97. The summed E-state index contributed by atoms with van der Waals surface area (Å²) in [7, 11) is 1.65. The Labute approximate surface area is 164 Å². The number of ether oxygens (including phenoxy) is 1. The first-order chi connectivity index (χ1) is 12.9. The Morgan fingerprint density at radius 3 is 2.63 bits per heavy atom. The van der Waals surface area contributed by atoms with Gasteiger partial charge >= 0.3 is 0 Å². The number of nitrogens with zero attached hydrogens (tertiary/aromatic N) is 2. The van der Waals surface area contributed by atoms with Crippen LogP contribution in [0.5, 0.6) is 5.75 Å². The Kier molecular flexibility index (Phi) is 5.80. The summed E-state index contributed by atoms with van der Waals surface area (Å²) in [6, 6.07) is 12.3. The Bertz CT molecular complexity index is 1040. The first-order valence-corrected chi connectivity index (χ1v) is 10.1. The molecule has 5 heteroatoms. The first-order valence-electron chi connectivity index (χ1n) is 9.27. The normalized spacial score (nSPS) is 12.1. The van der Waals surface area contributed by atoms with Gasteiger partial charge in [-0.25, -0.2) is 0 Å². The highest BCUT2D eigenvalue weighted by Crippen LogP contribution is 2.24. The van der Waals surface area contributed by atoms with Crippen molar-refractivity contribution in [3.8, 4) is 5.75 Å². The van der Waals surface area contributed by atoms with E-state index in [4.69, 9.17) is 4.74 Å². The number of fused-ring (bicyclic) bond motifs is 1. The van der Waals surface area contributed by atoms with Crippen molar-refractivity contribution >= 4 is 27.5 Å². The Morgan fingerprint density at radius 1 is 1.22 bits per heavy atom. The SMILES string of the molecule is CCn1c(=NC(=O)Cc2ccc(OC)c(C)c2)sc2cc(C(C)C)ccc21. The number of hydrogen-bond donors (Lipinski definition) is 0. The summed E-state index contributed by atoms with van der Waals surface area (Å²) in [6.07, 6.45) is 0.292. The van der Waals surface area contributed by atoms with Gasteiger partial charge in [0.2, 0.25) is 0 Å². The zero-order chi connectivity index (χ0) is 19.6. The number of amides is 1. The molecule has 27 heavy (non-hydrogen) atoms. The van der Waals surface area contributed by atoms with Crippen LogP contribution in [-0.2, 0) is 17.8 Å². The molecule has 0 saturated heterocycles. The molecule has 0 aliphatic carbocycles. The summed E-state index contributed by atoms with van der Waals surface area (Å²) in [5.74, 6) is 1.18. The maximum Gasteiger partial charge on any atom is 0.252 e. The van der Waals surface area contributed by atoms with Crippen LogP contribution in [-0.4, -0.2) is 17.6 Å². The summed E-state index contributed by atoms with van der Waals surface area (Å²) in [5, 5.41) is 0. The molecule has 0 saturated carbocycles. The second-order valence-corrected chi connectivity index (χ2v) is 8.01. The standard InChI is InChI=1S/C22H26N2O2S/c1-6-24-18-9-8-17(14(2)3)13-20(18)27-22(24)23-21(25)12-16-7-10-19(26-5)15(4)11-16/h7-11,13-14H,6,12H2,1-5H3. The van der Waals surface area contributed by atoms with Crippen LogP contribution in [0, 0.1) is 6.92 Å². The smallest absolute Gasteiger partial charge is 0.252 e. The van der Waals surface area contributed by atoms with Gasteiger partial charge < -0.3 is 9.30 Å². The van der Waals surface area contributed by atoms with Gasteiger partial charge in [-0.05, 0) is 54.7 Å². The fraction of sp³-hybridized carbons (Fsp3) is 0.364. The van der Waals surface area contributed by atoms with E-state index < -0.39 is 0 Å². The zero-order valence-electron chi connectivity index (χ0n) is 16.6. The van der Waals surface area contributed by atoms with E-state index in [0.29, 0.717) is 12.3 Å². The molecule has 3 rings (SSSR count). The van der Waals surface area contributed by atoms with Gasteiger partial charge in [-0.1, -0.05) is 43.4 Å². The minimum atomic E-state index is -0.127. The largest absolute Gasteiger partial charge is 0.496 e. The van der Waals surface area contributed by atoms with Crippen LogP contribution < -0.4 is 9.54 Å². The lowest BCUT2D eigenvalue weighted by atomic mass is 10.0. The minimum absolute atomic E-state index is 0.127. The lowest BCUT2D eigenvalue weighted by Gasteiger charge is -2.06. The summed E-state index contributed by atoms with van der Waals surface area (Å²) >= 11 is 1.58. The fourth-order valence-corrected chi connectivity index (χ4v) is 4.37. The van der Waals surface area contributed by atoms with E-state index in [-0.39, 0.29) is 5.91 Å². The van der Waals surface area contributed by atoms with Crippen LogP contribution in [0.25, 0.3) is 10.2 Å². The fourth-order valence-electron chi connectivity index (χ4n) is 3.21. The summed E-state index contributed by atoms with van der Waals surface area (Å²) < 4.78 is 8.57. The number of rotatable bonds is 5. The van der Waals surface area contributed by atoms with Crippen molar-refractivity contribution in [1.82, 2.24) is 4.57 Å². The lowest BCUT2D eigenvalue weighted by Crippen LogP contribution is -2.16. The predicted molar refractivity (Wildman–Crippen MR) is 112 cm³/mol. The molecule has 0 N–H and O–H groups in total. The first kappa shape index (κ1) is 19.4. The van der Waals surface area contributed by atoms with Gasteiger partial charge in [-0.15, -0.1) is 0 Å². The number of aromatic nitrogens is 1. The van der Waals surface area contributed by atoms with Crippen LogP contribution in [0.15, 0.2) is 41.4 Å². The Hall–Kier alpha value is -2.40. The van der Waals surface area contributed by atoms with Crippen LogP contribution in [0.3, 0.4) is 0 Å². The summed E-state index contributed by atoms with van der Waals surface area (Å²) in [4.78, 5) is 17.8. The topological polar surface area (TPSA) is 43.6 Å². The number of carbonyl (C=O) groups excluding carboxylic acids is 1. The zero-order valence-corrected chi connectivity index (χ0v) is 17.4. The van der Waals surface area contributed by atoms with Gasteiger partial charge in [0.15, 0.2) is 4.80 Å². The van der Waals surface area contributed by atoms with Crippen LogP contribution in [0.4, 0.5) is 0 Å². The molecule has 0 unspecified atom stereocenters. The van der Waals surface area contributed by atoms with Crippen molar-refractivity contribution in [2.45, 2.75) is 46.6 Å². The van der Waals surface area contributed by atoms with Crippen molar-refractivity contribution in [2.24, 2.45) is 4.99 Å². The van der Waals surface area contributed by atoms with Crippen molar-refractivity contribution in [3.05, 3.63) is 57.9 Å². The van der Waals surface area contributed by atoms with Gasteiger partial charge in [0, 0.05) is 6.54 Å². The predicted octanol–water partition coefficient (Wildman–Crippen LogP) is 4.83. The molecular formula is C22H26N2O2S. The highest BCUT2D eigenvalue weighted by molar-refractivity contribution is 7.16. The summed E-state index contributed by atoms with van der Waals surface area (Å²) in [6.45, 7) is 9.23. The van der Waals surface area contributed by atoms with E-state index in [2.05, 4.69) is 48.5 Å². The van der Waals surface area contributed by atoms with Gasteiger partial charge in [0.05, 0.1) is 23.7 Å². The van der Waals surface area contributed by atoms with E-state index in [9.17, 15) is 4.79 Å². The molecule has 1 amide bonds. The Morgan fingerprint density at radius 2 is 2.00 bits per heavy atom. The van der Waals surface area contributed by atoms with Gasteiger partial charge in [0.1, 0.15) is 5.75 Å². The van der Waals surface area contributed by atoms with E-state index in [1.165, 1.54) is 10.3 Å². The third-order valence-electron chi connectivity index (χ3n) is 4.72. The molecule has 0 spiro atoms. The molecule has 2 aromatic carbocycles. The number of aryl methyl sites for hydroxylation is 2. The highest BCUT2D eigenvalue weighted by atomic mass is 32.1. The molecule has 0 fully saturated rings. The summed E-state index contributed by atoms with van der Waals surface area (Å²) in [5.41, 5.74) is 4.42. The molecule has 1 heterocycles. The molecule has 0 aliphatic heterocycles. The highest BCUT2D eigenvalue weighted by Gasteiger charge is 2.10. The molecule has 0 atom stereocenters. The van der Waals surface area contributed by atoms with Crippen molar-refractivity contribution in [2.75, 3.05) is 7.11 Å². The van der Waals surface area contributed by atoms with E-state index >= 15 is 0 Å². The van der Waals surface area contributed by atoms with E-state index in [1.807, 2.05) is 25.1 Å². The third-order valence-corrected chi connectivity index (χ3v) is 5.77. The number of methoxy groups -OCH3 is 1. The maximum absolute atomic E-state index is 12.6. The van der Waals surface area contributed by atoms with Crippen LogP contribution in [0.1, 0.15) is 43.4 Å². The molecule has 142 valence electrons. The molecule has 1 aromatic heterocycles. The van der Waals surface area contributed by atoms with E-state index in [0.717, 1.165) is 33.7 Å². The van der Waals surface area contributed by atoms with Crippen molar-refractivity contribution in [3.63, 3.8) is 0 Å². The second kappa shape index (κ2) is 8.09. The Balaban J connectivity index is 1.94. The van der Waals surface area contributed by atoms with Crippen LogP contribution in [0.2, 0.25) is 0 Å². The number of benzene rings is 2. The maximum atomic E-state index is 12.6. The molecule has 0 aliphatic rings. The monoisotopic (exact) mass is 382 g/mol. The lowest BCUT2D eigenvalue weighted by molar-refractivity contribution is -0.117. The number of thiazole rings is 1. The second-order valence-electron chi connectivity index (χ2n) is 7.00. The number of hydrogen-bond acceptors (Lipinski definition) is 3. The average molecular weight is 383 g/mol. The quantitative estimate of drug-likeness (QED) is 0.634. The third kappa shape index (κ3) is 4.14. The van der Waals surface area contributed by atoms with Gasteiger partial charge in [0.25, 0.3) is 5.91 Å². The molecule has 0 radical (unpaired) electrons. The van der Waals surface area contributed by atoms with E-state index in [1.54, 1.807) is 18.4 Å². The number of carbonyl (C=O) groups is 1. The van der Waals surface area contributed by atoms with Crippen molar-refractivity contribution < 1.29 is 9.53 Å².